The summed E-state index contributed by atoms with van der Waals surface area (Å²) in [7, 11) is 0. The average Bonchev–Trinajstić information content (AvgIpc) is 3.10. The second-order valence-electron chi connectivity index (χ2n) is 5.59. The number of aryl methyl sites for hydroxylation is 1. The van der Waals surface area contributed by atoms with E-state index in [0.717, 1.165) is 16.7 Å². The quantitative estimate of drug-likeness (QED) is 0.525. The number of hydrogen-bond donors (Lipinski definition) is 0. The Hall–Kier alpha value is -3.14. The van der Waals surface area contributed by atoms with Crippen LogP contribution in [0.2, 0.25) is 0 Å². The molecular formula is C20H18N2O2. The third-order valence-corrected chi connectivity index (χ3v) is 3.66. The van der Waals surface area contributed by atoms with Gasteiger partial charge in [0.15, 0.2) is 0 Å². The average molecular weight is 318 g/mol. The molecule has 0 bridgehead atoms. The first kappa shape index (κ1) is 15.7. The van der Waals surface area contributed by atoms with E-state index < -0.39 is 0 Å². The maximum absolute atomic E-state index is 12.3. The van der Waals surface area contributed by atoms with Gasteiger partial charge in [0.2, 0.25) is 0 Å². The van der Waals surface area contributed by atoms with Gasteiger partial charge in [-0.3, -0.25) is 0 Å². The number of allylic oxidation sites excluding steroid dienone is 1. The zero-order valence-corrected chi connectivity index (χ0v) is 13.5. The van der Waals surface area contributed by atoms with Gasteiger partial charge in [-0.05, 0) is 36.8 Å². The standard InChI is InChI=1S/C20H18N2O2/c1-15-8-9-19(24-20(23)17-6-4-3-5-7-17)18(12-15)16(2)13-22-11-10-21-14-22/h3-12,14H,2,13H2,1H3. The molecule has 0 N–H and O–H groups in total. The SMILES string of the molecule is C=C(Cn1ccnc1)c1cc(C)ccc1OC(=O)c1ccccc1. The lowest BCUT2D eigenvalue weighted by molar-refractivity contribution is 0.0734. The molecule has 4 nitrogen and oxygen atoms in total. The lowest BCUT2D eigenvalue weighted by Crippen LogP contribution is -2.10. The Labute approximate surface area is 141 Å². The van der Waals surface area contributed by atoms with E-state index in [1.807, 2.05) is 54.1 Å². The predicted molar refractivity (Wildman–Crippen MR) is 93.8 cm³/mol. The number of rotatable bonds is 5. The summed E-state index contributed by atoms with van der Waals surface area (Å²) in [4.78, 5) is 16.4. The number of imidazole rings is 1. The largest absolute Gasteiger partial charge is 0.422 e. The van der Waals surface area contributed by atoms with Gasteiger partial charge < -0.3 is 9.30 Å². The van der Waals surface area contributed by atoms with Gasteiger partial charge in [-0.1, -0.05) is 36.4 Å². The highest BCUT2D eigenvalue weighted by molar-refractivity contribution is 5.91. The molecular weight excluding hydrogens is 300 g/mol. The highest BCUT2D eigenvalue weighted by Crippen LogP contribution is 2.28. The van der Waals surface area contributed by atoms with Gasteiger partial charge in [0.05, 0.1) is 11.9 Å². The monoisotopic (exact) mass is 318 g/mol. The molecule has 0 fully saturated rings. The van der Waals surface area contributed by atoms with Gasteiger partial charge in [-0.25, -0.2) is 9.78 Å². The van der Waals surface area contributed by atoms with Gasteiger partial charge >= 0.3 is 5.97 Å². The van der Waals surface area contributed by atoms with Gasteiger partial charge in [0.25, 0.3) is 0 Å². The van der Waals surface area contributed by atoms with Crippen molar-refractivity contribution in [1.29, 1.82) is 0 Å². The summed E-state index contributed by atoms with van der Waals surface area (Å²) in [5.74, 6) is 0.135. The predicted octanol–water partition coefficient (Wildman–Crippen LogP) is 4.12. The van der Waals surface area contributed by atoms with E-state index in [4.69, 9.17) is 4.74 Å². The van der Waals surface area contributed by atoms with Gasteiger partial charge in [-0.2, -0.15) is 0 Å². The Kier molecular flexibility index (Phi) is 4.57. The molecule has 0 amide bonds. The van der Waals surface area contributed by atoms with Crippen LogP contribution in [0.15, 0.2) is 73.8 Å². The summed E-state index contributed by atoms with van der Waals surface area (Å²) in [6.07, 6.45) is 5.33. The molecule has 0 spiro atoms. The first-order valence-electron chi connectivity index (χ1n) is 7.65. The second kappa shape index (κ2) is 6.96. The number of nitrogens with zero attached hydrogens (tertiary/aromatic N) is 2. The van der Waals surface area contributed by atoms with Crippen LogP contribution in [-0.2, 0) is 6.54 Å². The van der Waals surface area contributed by atoms with Crippen molar-refractivity contribution in [3.8, 4) is 5.75 Å². The number of aromatic nitrogens is 2. The van der Waals surface area contributed by atoms with Crippen LogP contribution >= 0.6 is 0 Å². The minimum Gasteiger partial charge on any atom is -0.422 e. The van der Waals surface area contributed by atoms with Crippen molar-refractivity contribution >= 4 is 11.5 Å². The number of benzene rings is 2. The van der Waals surface area contributed by atoms with Crippen molar-refractivity contribution in [2.75, 3.05) is 0 Å². The minimum absolute atomic E-state index is 0.379. The summed E-state index contributed by atoms with van der Waals surface area (Å²) in [6.45, 7) is 6.72. The molecule has 0 aliphatic rings. The Morgan fingerprint density at radius 3 is 2.71 bits per heavy atom. The third kappa shape index (κ3) is 3.60. The normalized spacial score (nSPS) is 10.4. The third-order valence-electron chi connectivity index (χ3n) is 3.66. The molecule has 0 aliphatic heterocycles. The van der Waals surface area contributed by atoms with Gasteiger partial charge in [0.1, 0.15) is 5.75 Å². The molecule has 0 atom stereocenters. The van der Waals surface area contributed by atoms with Crippen LogP contribution in [0.3, 0.4) is 0 Å². The van der Waals surface area contributed by atoms with Gasteiger partial charge in [0, 0.05) is 24.5 Å². The maximum Gasteiger partial charge on any atom is 0.343 e. The molecule has 3 rings (SSSR count). The van der Waals surface area contributed by atoms with Crippen LogP contribution in [0.5, 0.6) is 5.75 Å². The topological polar surface area (TPSA) is 44.1 Å². The number of carbonyl (C=O) groups is 1. The van der Waals surface area contributed by atoms with E-state index in [2.05, 4.69) is 11.6 Å². The van der Waals surface area contributed by atoms with Crippen LogP contribution in [0, 0.1) is 6.92 Å². The molecule has 0 saturated carbocycles. The Morgan fingerprint density at radius 2 is 2.00 bits per heavy atom. The molecule has 24 heavy (non-hydrogen) atoms. The summed E-state index contributed by atoms with van der Waals surface area (Å²) in [6, 6.07) is 14.7. The second-order valence-corrected chi connectivity index (χ2v) is 5.59. The highest BCUT2D eigenvalue weighted by Gasteiger charge is 2.13. The molecule has 0 saturated heterocycles. The zero-order chi connectivity index (χ0) is 16.9. The molecule has 0 radical (unpaired) electrons. The number of hydrogen-bond acceptors (Lipinski definition) is 3. The number of esters is 1. The van der Waals surface area contributed by atoms with Crippen LogP contribution in [0.4, 0.5) is 0 Å². The molecule has 0 aliphatic carbocycles. The van der Waals surface area contributed by atoms with Crippen molar-refractivity contribution in [3.63, 3.8) is 0 Å². The van der Waals surface area contributed by atoms with E-state index in [0.29, 0.717) is 17.9 Å². The fraction of sp³-hybridized carbons (Fsp3) is 0.100. The van der Waals surface area contributed by atoms with Crippen molar-refractivity contribution in [2.45, 2.75) is 13.5 Å². The van der Waals surface area contributed by atoms with Crippen LogP contribution in [0.25, 0.3) is 5.57 Å². The summed E-state index contributed by atoms with van der Waals surface area (Å²) in [5.41, 5.74) is 3.28. The molecule has 2 aromatic carbocycles. The molecule has 0 unspecified atom stereocenters. The Balaban J connectivity index is 1.85. The summed E-state index contributed by atoms with van der Waals surface area (Å²) < 4.78 is 7.53. The lowest BCUT2D eigenvalue weighted by Gasteiger charge is -2.14. The summed E-state index contributed by atoms with van der Waals surface area (Å²) >= 11 is 0. The smallest absolute Gasteiger partial charge is 0.343 e. The molecule has 1 aromatic heterocycles. The van der Waals surface area contributed by atoms with Crippen molar-refractivity contribution in [1.82, 2.24) is 9.55 Å². The molecule has 4 heteroatoms. The van der Waals surface area contributed by atoms with Crippen molar-refractivity contribution in [2.24, 2.45) is 0 Å². The highest BCUT2D eigenvalue weighted by atomic mass is 16.5. The summed E-state index contributed by atoms with van der Waals surface area (Å²) in [5, 5.41) is 0. The molecule has 120 valence electrons. The first-order valence-corrected chi connectivity index (χ1v) is 7.65. The minimum atomic E-state index is -0.379. The lowest BCUT2D eigenvalue weighted by atomic mass is 10.0. The Morgan fingerprint density at radius 1 is 1.21 bits per heavy atom. The van der Waals surface area contributed by atoms with Gasteiger partial charge in [-0.15, -0.1) is 0 Å². The molecule has 3 aromatic rings. The fourth-order valence-electron chi connectivity index (χ4n) is 2.43. The van der Waals surface area contributed by atoms with Crippen molar-refractivity contribution in [3.05, 3.63) is 90.5 Å². The fourth-order valence-corrected chi connectivity index (χ4v) is 2.43. The number of carbonyl (C=O) groups excluding carboxylic acids is 1. The maximum atomic E-state index is 12.3. The van der Waals surface area contributed by atoms with E-state index in [1.165, 1.54) is 0 Å². The van der Waals surface area contributed by atoms with E-state index in [9.17, 15) is 4.79 Å². The van der Waals surface area contributed by atoms with E-state index in [-0.39, 0.29) is 5.97 Å². The van der Waals surface area contributed by atoms with Crippen LogP contribution in [-0.4, -0.2) is 15.5 Å². The van der Waals surface area contributed by atoms with E-state index in [1.54, 1.807) is 24.7 Å². The van der Waals surface area contributed by atoms with Crippen LogP contribution < -0.4 is 4.74 Å². The number of ether oxygens (including phenoxy) is 1. The van der Waals surface area contributed by atoms with Crippen LogP contribution in [0.1, 0.15) is 21.5 Å². The van der Waals surface area contributed by atoms with E-state index >= 15 is 0 Å². The zero-order valence-electron chi connectivity index (χ0n) is 13.5. The first-order chi connectivity index (χ1) is 11.6. The molecule has 1 heterocycles. The van der Waals surface area contributed by atoms with Crippen molar-refractivity contribution < 1.29 is 9.53 Å². The Bertz CT molecular complexity index is 853.